The van der Waals surface area contributed by atoms with Gasteiger partial charge in [-0.25, -0.2) is 20.6 Å². The molecule has 1 aliphatic heterocycles. The maximum absolute atomic E-state index is 12.9. The van der Waals surface area contributed by atoms with Crippen molar-refractivity contribution in [1.82, 2.24) is 24.9 Å². The molecule has 1 aliphatic rings. The minimum absolute atomic E-state index is 0.195. The quantitative estimate of drug-likeness (QED) is 0.202. The Morgan fingerprint density at radius 3 is 2.39 bits per heavy atom. The number of nitrogens with zero attached hydrogens (tertiary/aromatic N) is 4. The van der Waals surface area contributed by atoms with Crippen molar-refractivity contribution in [3.63, 3.8) is 0 Å². The van der Waals surface area contributed by atoms with Gasteiger partial charge in [-0.15, -0.1) is 0 Å². The lowest BCUT2D eigenvalue weighted by Gasteiger charge is -2.27. The van der Waals surface area contributed by atoms with Gasteiger partial charge < -0.3 is 24.5 Å². The molecule has 12 heteroatoms. The van der Waals surface area contributed by atoms with Crippen LogP contribution in [0.4, 0.5) is 10.6 Å². The molecular formula is C26H31N7O5. The van der Waals surface area contributed by atoms with Crippen LogP contribution in [0.25, 0.3) is 11.0 Å². The van der Waals surface area contributed by atoms with Crippen molar-refractivity contribution in [3.05, 3.63) is 41.9 Å². The van der Waals surface area contributed by atoms with Crippen LogP contribution in [-0.4, -0.2) is 63.8 Å². The maximum atomic E-state index is 12.9. The number of nitrogens with one attached hydrogen (secondary N) is 1. The summed E-state index contributed by atoms with van der Waals surface area (Å²) in [6, 6.07) is 4.19. The molecule has 200 valence electrons. The second-order valence-electron chi connectivity index (χ2n) is 9.81. The van der Waals surface area contributed by atoms with Gasteiger partial charge in [-0.1, -0.05) is 11.8 Å². The number of carbonyl (C=O) groups excluding carboxylic acids is 2. The van der Waals surface area contributed by atoms with Gasteiger partial charge >= 0.3 is 6.09 Å². The Morgan fingerprint density at radius 2 is 1.79 bits per heavy atom. The number of hydrazine groups is 1. The second-order valence-corrected chi connectivity index (χ2v) is 9.81. The zero-order chi connectivity index (χ0) is 27.6. The zero-order valence-electron chi connectivity index (χ0n) is 21.9. The Kier molecular flexibility index (Phi) is 7.32. The highest BCUT2D eigenvalue weighted by molar-refractivity contribution is 5.93. The third kappa shape index (κ3) is 5.42. The van der Waals surface area contributed by atoms with Crippen LogP contribution >= 0.6 is 0 Å². The van der Waals surface area contributed by atoms with E-state index >= 15 is 0 Å². The van der Waals surface area contributed by atoms with Gasteiger partial charge in [-0.05, 0) is 39.3 Å². The number of carbonyl (C=O) groups is 2. The average Bonchev–Trinajstić information content (AvgIpc) is 3.48. The molecule has 0 bridgehead atoms. The summed E-state index contributed by atoms with van der Waals surface area (Å²) >= 11 is 0. The first kappa shape index (κ1) is 26.6. The number of rotatable bonds is 4. The van der Waals surface area contributed by atoms with E-state index in [0.29, 0.717) is 33.7 Å². The van der Waals surface area contributed by atoms with Crippen molar-refractivity contribution >= 4 is 28.9 Å². The number of ether oxygens (including phenoxy) is 3. The Balaban J connectivity index is 1.75. The Hall–Kier alpha value is -4.50. The summed E-state index contributed by atoms with van der Waals surface area (Å²) in [5, 5.41) is 0.574. The fourth-order valence-corrected chi connectivity index (χ4v) is 4.38. The SMILES string of the molecule is COc1cc(C#Cc2cn([C@H]3C[C@@H](C(=O)NN)N(C(=O)OC(C)(C)C)C3)c3ncnc(N)c23)cc(OC)c1. The molecule has 0 aliphatic carbocycles. The fourth-order valence-electron chi connectivity index (χ4n) is 4.38. The van der Waals surface area contributed by atoms with Crippen LogP contribution in [0.15, 0.2) is 30.7 Å². The Bertz CT molecular complexity index is 1410. The number of aromatic nitrogens is 3. The largest absolute Gasteiger partial charge is 0.497 e. The van der Waals surface area contributed by atoms with Gasteiger partial charge in [0, 0.05) is 24.4 Å². The molecule has 0 spiro atoms. The van der Waals surface area contributed by atoms with Crippen molar-refractivity contribution in [2.75, 3.05) is 26.5 Å². The van der Waals surface area contributed by atoms with E-state index in [2.05, 4.69) is 27.2 Å². The summed E-state index contributed by atoms with van der Waals surface area (Å²) in [6.45, 7) is 5.48. The lowest BCUT2D eigenvalue weighted by atomic mass is 10.1. The van der Waals surface area contributed by atoms with Gasteiger partial charge in [0.2, 0.25) is 0 Å². The average molecular weight is 522 g/mol. The Labute approximate surface area is 220 Å². The molecular weight excluding hydrogens is 490 g/mol. The summed E-state index contributed by atoms with van der Waals surface area (Å²) in [4.78, 5) is 35.5. The van der Waals surface area contributed by atoms with Crippen molar-refractivity contribution in [2.45, 2.75) is 44.9 Å². The number of methoxy groups -OCH3 is 2. The molecule has 1 fully saturated rings. The Morgan fingerprint density at radius 1 is 1.11 bits per heavy atom. The maximum Gasteiger partial charge on any atom is 0.411 e. The predicted octanol–water partition coefficient (Wildman–Crippen LogP) is 1.97. The predicted molar refractivity (Wildman–Crippen MR) is 140 cm³/mol. The zero-order valence-corrected chi connectivity index (χ0v) is 21.9. The van der Waals surface area contributed by atoms with E-state index in [1.54, 1.807) is 59.4 Å². The number of nitrogen functional groups attached to an aromatic ring is 1. The van der Waals surface area contributed by atoms with Crippen LogP contribution in [-0.2, 0) is 9.53 Å². The van der Waals surface area contributed by atoms with E-state index in [4.69, 9.17) is 25.8 Å². The highest BCUT2D eigenvalue weighted by atomic mass is 16.6. The molecule has 2 amide bonds. The third-order valence-electron chi connectivity index (χ3n) is 6.08. The molecule has 4 rings (SSSR count). The molecule has 1 aromatic carbocycles. The number of hydrogen-bond acceptors (Lipinski definition) is 9. The molecule has 0 saturated carbocycles. The van der Waals surface area contributed by atoms with Gasteiger partial charge in [0.15, 0.2) is 0 Å². The summed E-state index contributed by atoms with van der Waals surface area (Å²) < 4.78 is 18.1. The van der Waals surface area contributed by atoms with Crippen LogP contribution in [0.5, 0.6) is 11.5 Å². The molecule has 5 N–H and O–H groups in total. The molecule has 0 radical (unpaired) electrons. The van der Waals surface area contributed by atoms with Crippen molar-refractivity contribution in [2.24, 2.45) is 5.84 Å². The molecule has 1 saturated heterocycles. The highest BCUT2D eigenvalue weighted by Gasteiger charge is 2.42. The summed E-state index contributed by atoms with van der Waals surface area (Å²) in [7, 11) is 3.13. The molecule has 0 unspecified atom stereocenters. The van der Waals surface area contributed by atoms with Gasteiger partial charge in [-0.2, -0.15) is 0 Å². The van der Waals surface area contributed by atoms with E-state index in [1.807, 2.05) is 4.57 Å². The number of amides is 2. The normalized spacial score (nSPS) is 17.1. The molecule has 2 aromatic heterocycles. The first-order chi connectivity index (χ1) is 18.0. The minimum Gasteiger partial charge on any atom is -0.497 e. The van der Waals surface area contributed by atoms with Crippen LogP contribution < -0.4 is 26.5 Å². The van der Waals surface area contributed by atoms with Crippen LogP contribution in [0.1, 0.15) is 44.4 Å². The molecule has 3 aromatic rings. The van der Waals surface area contributed by atoms with E-state index < -0.39 is 23.6 Å². The smallest absolute Gasteiger partial charge is 0.411 e. The number of anilines is 1. The van der Waals surface area contributed by atoms with Gasteiger partial charge in [-0.3, -0.25) is 15.1 Å². The summed E-state index contributed by atoms with van der Waals surface area (Å²) in [5.74, 6) is 12.7. The van der Waals surface area contributed by atoms with Crippen molar-refractivity contribution in [3.8, 4) is 23.3 Å². The molecule has 12 nitrogen and oxygen atoms in total. The molecule has 2 atom stereocenters. The minimum atomic E-state index is -0.824. The van der Waals surface area contributed by atoms with E-state index in [0.717, 1.165) is 0 Å². The third-order valence-corrected chi connectivity index (χ3v) is 6.08. The van der Waals surface area contributed by atoms with Crippen LogP contribution in [0.3, 0.4) is 0 Å². The lowest BCUT2D eigenvalue weighted by molar-refractivity contribution is -0.125. The standard InChI is InChI=1S/C26H31N7O5/c1-26(2,3)38-25(35)33-13-17(10-20(33)24(34)31-28)32-12-16(21-22(27)29-14-30-23(21)32)7-6-15-8-18(36-4)11-19(9-15)37-5/h8-9,11-12,14,17,20H,10,13,28H2,1-5H3,(H,31,34)(H2,27,29,30)/t17-,20-/m0/s1. The van der Waals surface area contributed by atoms with Gasteiger partial charge in [0.05, 0.1) is 31.2 Å². The van der Waals surface area contributed by atoms with Crippen LogP contribution in [0.2, 0.25) is 0 Å². The van der Waals surface area contributed by atoms with Gasteiger partial charge in [0.25, 0.3) is 5.91 Å². The highest BCUT2D eigenvalue weighted by Crippen LogP contribution is 2.34. The number of benzene rings is 1. The number of hydrogen-bond donors (Lipinski definition) is 3. The first-order valence-corrected chi connectivity index (χ1v) is 11.9. The first-order valence-electron chi connectivity index (χ1n) is 11.9. The summed E-state index contributed by atoms with van der Waals surface area (Å²) in [5.41, 5.74) is 9.46. The number of fused-ring (bicyclic) bond motifs is 1. The number of likely N-dealkylation sites (tertiary alicyclic amines) is 1. The topological polar surface area (TPSA) is 160 Å². The molecule has 3 heterocycles. The van der Waals surface area contributed by atoms with Gasteiger partial charge in [0.1, 0.15) is 40.9 Å². The van der Waals surface area contributed by atoms with E-state index in [-0.39, 0.29) is 24.8 Å². The summed E-state index contributed by atoms with van der Waals surface area (Å²) in [6.07, 6.45) is 2.85. The number of nitrogens with two attached hydrogens (primary N) is 2. The van der Waals surface area contributed by atoms with E-state index in [1.165, 1.54) is 11.2 Å². The monoisotopic (exact) mass is 521 g/mol. The van der Waals surface area contributed by atoms with Crippen LogP contribution in [0, 0.1) is 11.8 Å². The van der Waals surface area contributed by atoms with E-state index in [9.17, 15) is 9.59 Å². The van der Waals surface area contributed by atoms with Crippen molar-refractivity contribution < 1.29 is 23.8 Å². The van der Waals surface area contributed by atoms with Crippen molar-refractivity contribution in [1.29, 1.82) is 0 Å². The molecule has 38 heavy (non-hydrogen) atoms. The lowest BCUT2D eigenvalue weighted by Crippen LogP contribution is -2.49. The fraction of sp³-hybridized carbons (Fsp3) is 0.385. The second kappa shape index (κ2) is 10.5.